The number of aromatic carboxylic acids is 1. The van der Waals surface area contributed by atoms with E-state index in [1.54, 1.807) is 6.07 Å². The van der Waals surface area contributed by atoms with E-state index < -0.39 is 5.97 Å². The van der Waals surface area contributed by atoms with Crippen molar-refractivity contribution >= 4 is 5.97 Å². The van der Waals surface area contributed by atoms with Crippen molar-refractivity contribution in [2.24, 2.45) is 5.92 Å². The molecule has 0 radical (unpaired) electrons. The van der Waals surface area contributed by atoms with Crippen LogP contribution in [0.4, 0.5) is 0 Å². The third kappa shape index (κ3) is 3.81. The van der Waals surface area contributed by atoms with Gasteiger partial charge in [-0.2, -0.15) is 0 Å². The van der Waals surface area contributed by atoms with Crippen molar-refractivity contribution in [2.45, 2.75) is 25.8 Å². The molecule has 0 aliphatic carbocycles. The van der Waals surface area contributed by atoms with Gasteiger partial charge in [0, 0.05) is 6.54 Å². The number of carboxylic acid groups (broad SMARTS) is 1. The lowest BCUT2D eigenvalue weighted by molar-refractivity contribution is 0.0659. The maximum absolute atomic E-state index is 10.8. The number of furan rings is 1. The molecule has 19 heavy (non-hydrogen) atoms. The van der Waals surface area contributed by atoms with Gasteiger partial charge < -0.3 is 19.7 Å². The molecule has 1 aromatic heterocycles. The Kier molecular flexibility index (Phi) is 4.61. The van der Waals surface area contributed by atoms with Crippen LogP contribution in [0.2, 0.25) is 0 Å². The van der Waals surface area contributed by atoms with Crippen LogP contribution in [0.25, 0.3) is 0 Å². The normalized spacial score (nSPS) is 22.3. The van der Waals surface area contributed by atoms with Crippen LogP contribution < -0.4 is 5.32 Å². The summed E-state index contributed by atoms with van der Waals surface area (Å²) in [5, 5.41) is 12.3. The maximum atomic E-state index is 10.8. The average Bonchev–Trinajstić information content (AvgIpc) is 2.86. The van der Waals surface area contributed by atoms with E-state index in [9.17, 15) is 4.79 Å². The first-order chi connectivity index (χ1) is 9.06. The Morgan fingerprint density at radius 3 is 3.05 bits per heavy atom. The number of nitrogens with zero attached hydrogens (tertiary/aromatic N) is 1. The van der Waals surface area contributed by atoms with E-state index in [0.717, 1.165) is 13.1 Å². The summed E-state index contributed by atoms with van der Waals surface area (Å²) in [7, 11) is 2.15. The second-order valence-corrected chi connectivity index (χ2v) is 5.41. The van der Waals surface area contributed by atoms with Crippen molar-refractivity contribution in [3.05, 3.63) is 23.7 Å². The molecule has 0 bridgehead atoms. The van der Waals surface area contributed by atoms with E-state index in [1.807, 2.05) is 6.92 Å². The lowest BCUT2D eigenvalue weighted by Crippen LogP contribution is -2.37. The number of nitrogens with one attached hydrogen (secondary N) is 1. The highest BCUT2D eigenvalue weighted by atomic mass is 16.4. The number of rotatable bonds is 5. The van der Waals surface area contributed by atoms with Crippen LogP contribution in [-0.2, 0) is 0 Å². The molecule has 106 valence electrons. The molecule has 2 N–H and O–H groups in total. The summed E-state index contributed by atoms with van der Waals surface area (Å²) in [4.78, 5) is 13.1. The minimum absolute atomic E-state index is 0.000972. The minimum atomic E-state index is -1.02. The number of carboxylic acids is 1. The smallest absolute Gasteiger partial charge is 0.371 e. The highest BCUT2D eigenvalue weighted by Gasteiger charge is 2.19. The molecular weight excluding hydrogens is 244 g/mol. The zero-order valence-electron chi connectivity index (χ0n) is 11.6. The van der Waals surface area contributed by atoms with Gasteiger partial charge in [0.1, 0.15) is 5.76 Å². The summed E-state index contributed by atoms with van der Waals surface area (Å²) in [6.07, 6.45) is 2.50. The molecular formula is C14H22N2O3. The first-order valence-corrected chi connectivity index (χ1v) is 6.81. The van der Waals surface area contributed by atoms with Crippen LogP contribution in [0.15, 0.2) is 16.5 Å². The van der Waals surface area contributed by atoms with Gasteiger partial charge in [0.15, 0.2) is 0 Å². The van der Waals surface area contributed by atoms with Gasteiger partial charge >= 0.3 is 5.97 Å². The van der Waals surface area contributed by atoms with Crippen LogP contribution in [0.1, 0.15) is 42.1 Å². The first kappa shape index (κ1) is 14.1. The van der Waals surface area contributed by atoms with E-state index in [-0.39, 0.29) is 11.8 Å². The summed E-state index contributed by atoms with van der Waals surface area (Å²) in [5.74, 6) is 0.324. The lowest BCUT2D eigenvalue weighted by Gasteiger charge is -2.30. The van der Waals surface area contributed by atoms with Gasteiger partial charge in [0.25, 0.3) is 0 Å². The van der Waals surface area contributed by atoms with Crippen LogP contribution in [-0.4, -0.2) is 42.7 Å². The van der Waals surface area contributed by atoms with E-state index >= 15 is 0 Å². The van der Waals surface area contributed by atoms with E-state index in [0.29, 0.717) is 11.7 Å². The molecule has 2 unspecified atom stereocenters. The van der Waals surface area contributed by atoms with Crippen LogP contribution in [0.3, 0.4) is 0 Å². The lowest BCUT2D eigenvalue weighted by atomic mass is 9.98. The summed E-state index contributed by atoms with van der Waals surface area (Å²) in [6.45, 7) is 5.25. The monoisotopic (exact) mass is 266 g/mol. The summed E-state index contributed by atoms with van der Waals surface area (Å²) >= 11 is 0. The SMILES string of the molecule is CC(NCC1CCCN(C)C1)c1ccc(C(=O)O)o1. The molecule has 0 aromatic carbocycles. The summed E-state index contributed by atoms with van der Waals surface area (Å²) < 4.78 is 5.30. The Bertz CT molecular complexity index is 430. The molecule has 1 aliphatic heterocycles. The van der Waals surface area contributed by atoms with Gasteiger partial charge in [-0.05, 0) is 58.0 Å². The Morgan fingerprint density at radius 2 is 2.42 bits per heavy atom. The zero-order chi connectivity index (χ0) is 13.8. The van der Waals surface area contributed by atoms with E-state index in [4.69, 9.17) is 9.52 Å². The first-order valence-electron chi connectivity index (χ1n) is 6.81. The molecule has 5 heteroatoms. The van der Waals surface area contributed by atoms with Crippen molar-refractivity contribution in [1.82, 2.24) is 10.2 Å². The third-order valence-corrected chi connectivity index (χ3v) is 3.70. The van der Waals surface area contributed by atoms with Crippen molar-refractivity contribution in [2.75, 3.05) is 26.7 Å². The highest BCUT2D eigenvalue weighted by Crippen LogP contribution is 2.19. The number of hydrogen-bond acceptors (Lipinski definition) is 4. The molecule has 0 spiro atoms. The third-order valence-electron chi connectivity index (χ3n) is 3.70. The maximum Gasteiger partial charge on any atom is 0.371 e. The van der Waals surface area contributed by atoms with Crippen molar-refractivity contribution in [1.29, 1.82) is 0 Å². The molecule has 1 aromatic rings. The van der Waals surface area contributed by atoms with E-state index in [1.165, 1.54) is 25.5 Å². The quantitative estimate of drug-likeness (QED) is 0.853. The number of likely N-dealkylation sites (tertiary alicyclic amines) is 1. The summed E-state index contributed by atoms with van der Waals surface area (Å²) in [5.41, 5.74) is 0. The highest BCUT2D eigenvalue weighted by molar-refractivity contribution is 5.84. The van der Waals surface area contributed by atoms with Crippen LogP contribution in [0, 0.1) is 5.92 Å². The van der Waals surface area contributed by atoms with Crippen LogP contribution in [0.5, 0.6) is 0 Å². The van der Waals surface area contributed by atoms with E-state index in [2.05, 4.69) is 17.3 Å². The van der Waals surface area contributed by atoms with Crippen molar-refractivity contribution in [3.8, 4) is 0 Å². The second kappa shape index (κ2) is 6.21. The molecule has 2 heterocycles. The number of carbonyl (C=O) groups is 1. The molecule has 5 nitrogen and oxygen atoms in total. The number of hydrogen-bond donors (Lipinski definition) is 2. The Labute approximate surface area is 113 Å². The fourth-order valence-electron chi connectivity index (χ4n) is 2.58. The van der Waals surface area contributed by atoms with Gasteiger partial charge in [-0.3, -0.25) is 0 Å². The van der Waals surface area contributed by atoms with Gasteiger partial charge in [0.05, 0.1) is 6.04 Å². The molecule has 1 fully saturated rings. The fourth-order valence-corrected chi connectivity index (χ4v) is 2.58. The molecule has 0 amide bonds. The van der Waals surface area contributed by atoms with Gasteiger partial charge in [0.2, 0.25) is 5.76 Å². The van der Waals surface area contributed by atoms with Gasteiger partial charge in [-0.1, -0.05) is 0 Å². The predicted molar refractivity (Wildman–Crippen MR) is 72.3 cm³/mol. The largest absolute Gasteiger partial charge is 0.475 e. The number of piperidine rings is 1. The van der Waals surface area contributed by atoms with Gasteiger partial charge in [-0.25, -0.2) is 4.79 Å². The van der Waals surface area contributed by atoms with Crippen LogP contribution >= 0.6 is 0 Å². The molecule has 1 saturated heterocycles. The second-order valence-electron chi connectivity index (χ2n) is 5.41. The Balaban J connectivity index is 1.83. The molecule has 2 rings (SSSR count). The topological polar surface area (TPSA) is 65.7 Å². The van der Waals surface area contributed by atoms with Crippen molar-refractivity contribution in [3.63, 3.8) is 0 Å². The van der Waals surface area contributed by atoms with Crippen molar-refractivity contribution < 1.29 is 14.3 Å². The predicted octanol–water partition coefficient (Wildman–Crippen LogP) is 1.97. The fraction of sp³-hybridized carbons (Fsp3) is 0.643. The molecule has 2 atom stereocenters. The minimum Gasteiger partial charge on any atom is -0.475 e. The Morgan fingerprint density at radius 1 is 1.63 bits per heavy atom. The Hall–Kier alpha value is -1.33. The molecule has 0 saturated carbocycles. The molecule has 1 aliphatic rings. The summed E-state index contributed by atoms with van der Waals surface area (Å²) in [6, 6.07) is 3.28. The average molecular weight is 266 g/mol. The zero-order valence-corrected chi connectivity index (χ0v) is 11.6. The van der Waals surface area contributed by atoms with Gasteiger partial charge in [-0.15, -0.1) is 0 Å². The standard InChI is InChI=1S/C14H22N2O3/c1-10(12-5-6-13(19-12)14(17)18)15-8-11-4-3-7-16(2)9-11/h5-6,10-11,15H,3-4,7-9H2,1-2H3,(H,17,18).